The molecule has 1 amide bonds. The van der Waals surface area contributed by atoms with Crippen molar-refractivity contribution in [2.45, 2.75) is 62.4 Å². The van der Waals surface area contributed by atoms with Crippen LogP contribution in [0.1, 0.15) is 56.7 Å². The molecule has 3 heterocycles. The molecule has 2 fully saturated rings. The quantitative estimate of drug-likeness (QED) is 0.584. The van der Waals surface area contributed by atoms with Gasteiger partial charge < -0.3 is 10.4 Å². The number of nitrogens with one attached hydrogen (secondary N) is 2. The lowest BCUT2D eigenvalue weighted by molar-refractivity contribution is -0.139. The monoisotopic (exact) mass is 473 g/mol. The highest BCUT2D eigenvalue weighted by atomic mass is 35.5. The highest BCUT2D eigenvalue weighted by molar-refractivity contribution is 6.31. The van der Waals surface area contributed by atoms with Crippen LogP contribution in [0.15, 0.2) is 36.5 Å². The number of hydrogen-bond donors (Lipinski definition) is 3. The number of aromatic nitrogens is 1. The Bertz CT molecular complexity index is 1110. The number of carbonyl (C=O) groups is 2. The second-order valence-electron chi connectivity index (χ2n) is 10.0. The van der Waals surface area contributed by atoms with Crippen LogP contribution in [-0.4, -0.2) is 33.5 Å². The van der Waals surface area contributed by atoms with Crippen molar-refractivity contribution >= 4 is 40.8 Å². The van der Waals surface area contributed by atoms with Gasteiger partial charge >= 0.3 is 5.97 Å². The van der Waals surface area contributed by atoms with Crippen LogP contribution < -0.4 is 10.6 Å². The third-order valence-corrected chi connectivity index (χ3v) is 8.25. The van der Waals surface area contributed by atoms with Crippen LogP contribution in [0.25, 0.3) is 0 Å². The van der Waals surface area contributed by atoms with Crippen molar-refractivity contribution in [1.29, 1.82) is 0 Å². The Labute approximate surface area is 196 Å². The van der Waals surface area contributed by atoms with Crippen LogP contribution in [0.4, 0.5) is 5.69 Å². The van der Waals surface area contributed by atoms with E-state index in [1.165, 1.54) is 6.20 Å². The minimum absolute atomic E-state index is 0.126. The van der Waals surface area contributed by atoms with Gasteiger partial charge in [0.25, 0.3) is 0 Å². The maximum Gasteiger partial charge on any atom is 0.321 e. The molecule has 3 aliphatic rings. The number of halogens is 2. The SMILES string of the molecule is CC1(C)CCC2(CC1)N[C@@H](C(=O)O)[C@H](c1ccc(Cl)cn1)C21C(=O)Nc2cc(Cl)ccc21. The fourth-order valence-corrected chi connectivity index (χ4v) is 6.48. The van der Waals surface area contributed by atoms with E-state index in [2.05, 4.69) is 29.5 Å². The first-order chi connectivity index (χ1) is 15.1. The third-order valence-electron chi connectivity index (χ3n) is 7.79. The standard InChI is InChI=1S/C24H25Cl2N3O3/c1-22(2)7-9-23(10-8-22)24(15-5-3-13(25)11-17(15)28-21(24)32)18(19(29-23)20(30)31)16-6-4-14(26)12-27-16/h3-6,11-12,18-19,29H,7-10H2,1-2H3,(H,28,32)(H,30,31)/t18-,19+,24?/m0/s1. The van der Waals surface area contributed by atoms with Crippen molar-refractivity contribution < 1.29 is 14.7 Å². The van der Waals surface area contributed by atoms with Gasteiger partial charge in [-0.2, -0.15) is 0 Å². The predicted molar refractivity (Wildman–Crippen MR) is 123 cm³/mol. The summed E-state index contributed by atoms with van der Waals surface area (Å²) in [7, 11) is 0. The number of aliphatic carboxylic acids is 1. The van der Waals surface area contributed by atoms with E-state index in [0.717, 1.165) is 18.4 Å². The Balaban J connectivity index is 1.79. The lowest BCUT2D eigenvalue weighted by Crippen LogP contribution is -2.61. The summed E-state index contributed by atoms with van der Waals surface area (Å²) in [5.41, 5.74) is 0.229. The Morgan fingerprint density at radius 3 is 2.41 bits per heavy atom. The van der Waals surface area contributed by atoms with Gasteiger partial charge in [-0.25, -0.2) is 0 Å². The van der Waals surface area contributed by atoms with E-state index in [9.17, 15) is 14.7 Å². The molecule has 5 rings (SSSR count). The van der Waals surface area contributed by atoms with Crippen molar-refractivity contribution in [2.24, 2.45) is 5.41 Å². The molecule has 0 bridgehead atoms. The number of anilines is 1. The highest BCUT2D eigenvalue weighted by Crippen LogP contribution is 2.63. The van der Waals surface area contributed by atoms with Gasteiger partial charge in [0.2, 0.25) is 5.91 Å². The fraction of sp³-hybridized carbons (Fsp3) is 0.458. The van der Waals surface area contributed by atoms with Gasteiger partial charge in [-0.3, -0.25) is 19.9 Å². The number of carboxylic acids is 1. The lowest BCUT2D eigenvalue weighted by atomic mass is 9.54. The molecule has 1 saturated heterocycles. The molecule has 3 atom stereocenters. The first-order valence-corrected chi connectivity index (χ1v) is 11.6. The third kappa shape index (κ3) is 2.93. The summed E-state index contributed by atoms with van der Waals surface area (Å²) < 4.78 is 0. The largest absolute Gasteiger partial charge is 0.480 e. The van der Waals surface area contributed by atoms with Crippen molar-refractivity contribution in [3.63, 3.8) is 0 Å². The Hall–Kier alpha value is -2.15. The normalized spacial score (nSPS) is 29.8. The van der Waals surface area contributed by atoms with Crippen molar-refractivity contribution in [1.82, 2.24) is 10.3 Å². The predicted octanol–water partition coefficient (Wildman–Crippen LogP) is 4.76. The van der Waals surface area contributed by atoms with Gasteiger partial charge in [0.15, 0.2) is 0 Å². The van der Waals surface area contributed by atoms with Crippen LogP contribution in [0, 0.1) is 5.41 Å². The van der Waals surface area contributed by atoms with E-state index in [1.54, 1.807) is 24.3 Å². The molecule has 1 aromatic carbocycles. The average molecular weight is 474 g/mol. The fourth-order valence-electron chi connectivity index (χ4n) is 6.19. The molecular formula is C24H25Cl2N3O3. The maximum atomic E-state index is 14.0. The number of benzene rings is 1. The summed E-state index contributed by atoms with van der Waals surface area (Å²) in [6, 6.07) is 7.83. The van der Waals surface area contributed by atoms with Gasteiger partial charge in [-0.1, -0.05) is 43.1 Å². The van der Waals surface area contributed by atoms with E-state index in [1.807, 2.05) is 6.07 Å². The highest BCUT2D eigenvalue weighted by Gasteiger charge is 2.73. The molecule has 2 spiro atoms. The molecule has 2 aromatic rings. The summed E-state index contributed by atoms with van der Waals surface area (Å²) in [5, 5.41) is 17.7. The van der Waals surface area contributed by atoms with E-state index in [4.69, 9.17) is 23.2 Å². The molecule has 1 unspecified atom stereocenters. The second-order valence-corrected chi connectivity index (χ2v) is 10.9. The zero-order chi connectivity index (χ0) is 22.9. The van der Waals surface area contributed by atoms with Crippen LogP contribution in [0.2, 0.25) is 10.0 Å². The summed E-state index contributed by atoms with van der Waals surface area (Å²) in [5.74, 6) is -1.91. The van der Waals surface area contributed by atoms with Gasteiger partial charge in [0.1, 0.15) is 11.5 Å². The first kappa shape index (κ1) is 21.7. The van der Waals surface area contributed by atoms with Gasteiger partial charge in [-0.15, -0.1) is 0 Å². The van der Waals surface area contributed by atoms with Crippen molar-refractivity contribution in [2.75, 3.05) is 5.32 Å². The van der Waals surface area contributed by atoms with Gasteiger partial charge in [-0.05, 0) is 60.9 Å². The molecule has 6 nitrogen and oxygen atoms in total. The topological polar surface area (TPSA) is 91.3 Å². The lowest BCUT2D eigenvalue weighted by Gasteiger charge is -2.50. The zero-order valence-electron chi connectivity index (χ0n) is 17.9. The summed E-state index contributed by atoms with van der Waals surface area (Å²) in [6.07, 6.45) is 4.64. The Kier molecular flexibility index (Phi) is 4.86. The number of amides is 1. The molecule has 32 heavy (non-hydrogen) atoms. The number of pyridine rings is 1. The average Bonchev–Trinajstić information content (AvgIpc) is 3.19. The Morgan fingerprint density at radius 2 is 1.78 bits per heavy atom. The molecule has 8 heteroatoms. The van der Waals surface area contributed by atoms with Gasteiger partial charge in [0, 0.05) is 34.1 Å². The van der Waals surface area contributed by atoms with Crippen LogP contribution in [0.3, 0.4) is 0 Å². The van der Waals surface area contributed by atoms with Gasteiger partial charge in [0.05, 0.1) is 5.02 Å². The minimum atomic E-state index is -1.13. The van der Waals surface area contributed by atoms with E-state index < -0.39 is 28.9 Å². The number of rotatable bonds is 2. The molecule has 1 saturated carbocycles. The summed E-state index contributed by atoms with van der Waals surface area (Å²) in [4.78, 5) is 31.0. The number of fused-ring (bicyclic) bond motifs is 3. The Morgan fingerprint density at radius 1 is 1.09 bits per heavy atom. The molecule has 1 aliphatic carbocycles. The molecule has 1 aromatic heterocycles. The van der Waals surface area contributed by atoms with E-state index >= 15 is 0 Å². The molecule has 2 aliphatic heterocycles. The minimum Gasteiger partial charge on any atom is -0.480 e. The van der Waals surface area contributed by atoms with Crippen LogP contribution >= 0.6 is 23.2 Å². The molecular weight excluding hydrogens is 449 g/mol. The second kappa shape index (κ2) is 7.17. The molecule has 168 valence electrons. The van der Waals surface area contributed by atoms with Crippen molar-refractivity contribution in [3.8, 4) is 0 Å². The summed E-state index contributed by atoms with van der Waals surface area (Å²) in [6.45, 7) is 4.44. The number of carboxylic acid groups (broad SMARTS) is 1. The zero-order valence-corrected chi connectivity index (χ0v) is 19.4. The molecule has 3 N–H and O–H groups in total. The van der Waals surface area contributed by atoms with E-state index in [0.29, 0.717) is 34.3 Å². The number of carbonyl (C=O) groups excluding carboxylic acids is 1. The number of hydrogen-bond acceptors (Lipinski definition) is 4. The molecule has 0 radical (unpaired) electrons. The van der Waals surface area contributed by atoms with Crippen LogP contribution in [0.5, 0.6) is 0 Å². The first-order valence-electron chi connectivity index (χ1n) is 10.8. The smallest absolute Gasteiger partial charge is 0.321 e. The summed E-state index contributed by atoms with van der Waals surface area (Å²) >= 11 is 12.3. The maximum absolute atomic E-state index is 14.0. The van der Waals surface area contributed by atoms with Crippen molar-refractivity contribution in [3.05, 3.63) is 57.8 Å². The number of nitrogens with zero attached hydrogens (tertiary/aromatic N) is 1. The van der Waals surface area contributed by atoms with E-state index in [-0.39, 0.29) is 11.3 Å². The van der Waals surface area contributed by atoms with Crippen LogP contribution in [-0.2, 0) is 15.0 Å².